The lowest BCUT2D eigenvalue weighted by Gasteiger charge is -2.35. The monoisotopic (exact) mass is 270 g/mol. The molecule has 1 heterocycles. The molecule has 5 heteroatoms. The zero-order valence-electron chi connectivity index (χ0n) is 12.5. The van der Waals surface area contributed by atoms with Crippen molar-refractivity contribution >= 4 is 11.9 Å². The summed E-state index contributed by atoms with van der Waals surface area (Å²) in [4.78, 5) is 23.4. The molecule has 5 nitrogen and oxygen atoms in total. The maximum absolute atomic E-state index is 12.1. The SMILES string of the molecule is CC(C)C[C@@H]1NC(CC(C)C)(C(C)C(=O)O)NC1=O. The topological polar surface area (TPSA) is 78.4 Å². The predicted molar refractivity (Wildman–Crippen MR) is 73.5 cm³/mol. The molecule has 2 unspecified atom stereocenters. The van der Waals surface area contributed by atoms with Crippen molar-refractivity contribution in [3.63, 3.8) is 0 Å². The first kappa shape index (κ1) is 16.0. The highest BCUT2D eigenvalue weighted by molar-refractivity contribution is 5.86. The number of carbonyl (C=O) groups is 2. The Balaban J connectivity index is 2.94. The van der Waals surface area contributed by atoms with E-state index in [1.54, 1.807) is 6.92 Å². The average Bonchev–Trinajstić information content (AvgIpc) is 2.53. The van der Waals surface area contributed by atoms with Gasteiger partial charge in [-0.05, 0) is 31.6 Å². The standard InChI is InChI=1S/C14H26N2O3/c1-8(2)6-11-12(17)16-14(15-11,7-9(3)4)10(5)13(18)19/h8-11,15H,6-7H2,1-5H3,(H,16,17)(H,18,19)/t10?,11-,14?/m0/s1. The first-order valence-corrected chi connectivity index (χ1v) is 7.00. The highest BCUT2D eigenvalue weighted by Crippen LogP contribution is 2.29. The van der Waals surface area contributed by atoms with Crippen molar-refractivity contribution in [1.82, 2.24) is 10.6 Å². The van der Waals surface area contributed by atoms with Crippen LogP contribution in [0.3, 0.4) is 0 Å². The summed E-state index contributed by atoms with van der Waals surface area (Å²) >= 11 is 0. The second kappa shape index (κ2) is 5.90. The van der Waals surface area contributed by atoms with Crippen LogP contribution in [0.1, 0.15) is 47.5 Å². The van der Waals surface area contributed by atoms with E-state index in [9.17, 15) is 14.7 Å². The Morgan fingerprint density at radius 1 is 1.26 bits per heavy atom. The van der Waals surface area contributed by atoms with E-state index in [1.165, 1.54) is 0 Å². The van der Waals surface area contributed by atoms with E-state index in [1.807, 2.05) is 13.8 Å². The quantitative estimate of drug-likeness (QED) is 0.685. The molecule has 1 saturated heterocycles. The molecule has 0 aliphatic carbocycles. The van der Waals surface area contributed by atoms with Gasteiger partial charge in [0.05, 0.1) is 12.0 Å². The van der Waals surface area contributed by atoms with Crippen LogP contribution in [0.4, 0.5) is 0 Å². The van der Waals surface area contributed by atoms with Gasteiger partial charge in [0.1, 0.15) is 5.66 Å². The highest BCUT2D eigenvalue weighted by atomic mass is 16.4. The van der Waals surface area contributed by atoms with Crippen molar-refractivity contribution in [3.8, 4) is 0 Å². The molecular weight excluding hydrogens is 244 g/mol. The fourth-order valence-electron chi connectivity index (χ4n) is 2.73. The first-order valence-electron chi connectivity index (χ1n) is 7.00. The fraction of sp³-hybridized carbons (Fsp3) is 0.857. The van der Waals surface area contributed by atoms with Crippen LogP contribution in [0.5, 0.6) is 0 Å². The largest absolute Gasteiger partial charge is 0.481 e. The van der Waals surface area contributed by atoms with Crippen LogP contribution in [0.2, 0.25) is 0 Å². The molecule has 1 aliphatic rings. The number of carboxylic acids is 1. The first-order chi connectivity index (χ1) is 8.68. The Morgan fingerprint density at radius 2 is 1.84 bits per heavy atom. The Labute approximate surface area is 115 Å². The minimum absolute atomic E-state index is 0.0811. The van der Waals surface area contributed by atoms with Crippen LogP contribution in [-0.2, 0) is 9.59 Å². The van der Waals surface area contributed by atoms with Gasteiger partial charge in [-0.1, -0.05) is 27.7 Å². The minimum Gasteiger partial charge on any atom is -0.481 e. The van der Waals surface area contributed by atoms with E-state index >= 15 is 0 Å². The Hall–Kier alpha value is -1.10. The maximum Gasteiger partial charge on any atom is 0.309 e. The van der Waals surface area contributed by atoms with Gasteiger partial charge in [0.15, 0.2) is 0 Å². The lowest BCUT2D eigenvalue weighted by Crippen LogP contribution is -2.58. The van der Waals surface area contributed by atoms with Gasteiger partial charge in [-0.25, -0.2) is 0 Å². The van der Waals surface area contributed by atoms with Crippen molar-refractivity contribution in [2.24, 2.45) is 17.8 Å². The molecule has 1 aliphatic heterocycles. The zero-order chi connectivity index (χ0) is 14.8. The Bertz CT molecular complexity index is 355. The molecule has 3 N–H and O–H groups in total. The summed E-state index contributed by atoms with van der Waals surface area (Å²) in [5, 5.41) is 15.4. The zero-order valence-corrected chi connectivity index (χ0v) is 12.5. The molecule has 0 saturated carbocycles. The van der Waals surface area contributed by atoms with E-state index in [0.717, 1.165) is 6.42 Å². The summed E-state index contributed by atoms with van der Waals surface area (Å²) in [6.45, 7) is 9.81. The van der Waals surface area contributed by atoms with Crippen LogP contribution >= 0.6 is 0 Å². The van der Waals surface area contributed by atoms with Crippen LogP contribution in [0, 0.1) is 17.8 Å². The molecule has 0 spiro atoms. The van der Waals surface area contributed by atoms with Crippen LogP contribution in [0.15, 0.2) is 0 Å². The van der Waals surface area contributed by atoms with E-state index < -0.39 is 17.6 Å². The molecule has 0 bridgehead atoms. The third-order valence-electron chi connectivity index (χ3n) is 3.64. The van der Waals surface area contributed by atoms with Crippen LogP contribution in [0.25, 0.3) is 0 Å². The van der Waals surface area contributed by atoms with Crippen molar-refractivity contribution < 1.29 is 14.7 Å². The molecule has 1 rings (SSSR count). The number of hydrogen-bond donors (Lipinski definition) is 3. The lowest BCUT2D eigenvalue weighted by molar-refractivity contribution is -0.144. The summed E-state index contributed by atoms with van der Waals surface area (Å²) in [6, 6.07) is -0.291. The maximum atomic E-state index is 12.1. The number of amides is 1. The van der Waals surface area contributed by atoms with Crippen LogP contribution in [-0.4, -0.2) is 28.7 Å². The number of hydrogen-bond acceptors (Lipinski definition) is 3. The fourth-order valence-corrected chi connectivity index (χ4v) is 2.73. The van der Waals surface area contributed by atoms with Gasteiger partial charge < -0.3 is 10.4 Å². The number of carbonyl (C=O) groups excluding carboxylic acids is 1. The van der Waals surface area contributed by atoms with Gasteiger partial charge in [-0.15, -0.1) is 0 Å². The summed E-state index contributed by atoms with van der Waals surface area (Å²) in [6.07, 6.45) is 1.33. The summed E-state index contributed by atoms with van der Waals surface area (Å²) in [5.41, 5.74) is -0.823. The van der Waals surface area contributed by atoms with Crippen LogP contribution < -0.4 is 10.6 Å². The summed E-state index contributed by atoms with van der Waals surface area (Å²) in [5.74, 6) is -0.942. The van der Waals surface area contributed by atoms with Crippen molar-refractivity contribution in [1.29, 1.82) is 0 Å². The molecule has 19 heavy (non-hydrogen) atoms. The van der Waals surface area contributed by atoms with Gasteiger partial charge in [-0.2, -0.15) is 0 Å². The number of rotatable bonds is 6. The third kappa shape index (κ3) is 3.69. The smallest absolute Gasteiger partial charge is 0.309 e. The number of nitrogens with one attached hydrogen (secondary N) is 2. The van der Waals surface area contributed by atoms with Gasteiger partial charge in [-0.3, -0.25) is 14.9 Å². The highest BCUT2D eigenvalue weighted by Gasteiger charge is 2.49. The van der Waals surface area contributed by atoms with Gasteiger partial charge in [0.2, 0.25) is 5.91 Å². The lowest BCUT2D eigenvalue weighted by atomic mass is 9.86. The normalized spacial score (nSPS) is 28.8. The van der Waals surface area contributed by atoms with Crippen molar-refractivity contribution in [2.75, 3.05) is 0 Å². The molecule has 3 atom stereocenters. The van der Waals surface area contributed by atoms with E-state index in [2.05, 4.69) is 24.5 Å². The van der Waals surface area contributed by atoms with E-state index in [4.69, 9.17) is 0 Å². The van der Waals surface area contributed by atoms with Gasteiger partial charge in [0, 0.05) is 0 Å². The predicted octanol–water partition coefficient (Wildman–Crippen LogP) is 1.58. The molecule has 0 radical (unpaired) electrons. The van der Waals surface area contributed by atoms with Gasteiger partial charge in [0.25, 0.3) is 0 Å². The number of carboxylic acid groups (broad SMARTS) is 1. The minimum atomic E-state index is -0.890. The molecular formula is C14H26N2O3. The molecule has 110 valence electrons. The van der Waals surface area contributed by atoms with E-state index in [0.29, 0.717) is 18.3 Å². The summed E-state index contributed by atoms with van der Waals surface area (Å²) < 4.78 is 0. The molecule has 1 fully saturated rings. The van der Waals surface area contributed by atoms with E-state index in [-0.39, 0.29) is 11.9 Å². The third-order valence-corrected chi connectivity index (χ3v) is 3.64. The Kier molecular flexibility index (Phi) is 4.96. The molecule has 1 amide bonds. The van der Waals surface area contributed by atoms with Gasteiger partial charge >= 0.3 is 5.97 Å². The Morgan fingerprint density at radius 3 is 2.26 bits per heavy atom. The summed E-state index contributed by atoms with van der Waals surface area (Å²) in [7, 11) is 0. The second-order valence-electron chi connectivity index (χ2n) is 6.44. The average molecular weight is 270 g/mol. The molecule has 0 aromatic heterocycles. The second-order valence-corrected chi connectivity index (χ2v) is 6.44. The molecule has 0 aromatic rings. The number of aliphatic carboxylic acids is 1. The van der Waals surface area contributed by atoms with Crippen molar-refractivity contribution in [2.45, 2.75) is 59.2 Å². The van der Waals surface area contributed by atoms with Crippen molar-refractivity contribution in [3.05, 3.63) is 0 Å². The molecule has 0 aromatic carbocycles.